The maximum absolute atomic E-state index is 12.1. The molecule has 1 aromatic heterocycles. The van der Waals surface area contributed by atoms with Crippen molar-refractivity contribution >= 4 is 39.1 Å². The molecule has 4 nitrogen and oxygen atoms in total. The van der Waals surface area contributed by atoms with E-state index in [2.05, 4.69) is 20.7 Å². The normalized spacial score (nSPS) is 19.4. The zero-order valence-electron chi connectivity index (χ0n) is 9.31. The third-order valence-corrected chi connectivity index (χ3v) is 4.33. The molecule has 17 heavy (non-hydrogen) atoms. The van der Waals surface area contributed by atoms with Gasteiger partial charge < -0.3 is 9.64 Å². The average Bonchev–Trinajstić information content (AvgIpc) is 2.95. The predicted octanol–water partition coefficient (Wildman–Crippen LogP) is 2.15. The summed E-state index contributed by atoms with van der Waals surface area (Å²) in [5, 5.41) is 1.82. The molecular formula is C11H12BrNO3S. The summed E-state index contributed by atoms with van der Waals surface area (Å²) in [4.78, 5) is 25.1. The number of hydrogen-bond donors (Lipinski definition) is 0. The number of rotatable bonds is 2. The number of halogens is 1. The summed E-state index contributed by atoms with van der Waals surface area (Å²) in [6.45, 7) is 1.07. The molecule has 0 aliphatic carbocycles. The maximum Gasteiger partial charge on any atom is 0.310 e. The Morgan fingerprint density at radius 3 is 2.94 bits per heavy atom. The number of nitrogens with zero attached hydrogens (tertiary/aromatic N) is 1. The Balaban J connectivity index is 2.01. The Bertz CT molecular complexity index is 446. The monoisotopic (exact) mass is 317 g/mol. The minimum Gasteiger partial charge on any atom is -0.469 e. The van der Waals surface area contributed by atoms with Crippen molar-refractivity contribution in [1.29, 1.82) is 0 Å². The summed E-state index contributed by atoms with van der Waals surface area (Å²) in [5.74, 6) is -0.420. The van der Waals surface area contributed by atoms with Gasteiger partial charge in [-0.1, -0.05) is 0 Å². The smallest absolute Gasteiger partial charge is 0.310 e. The highest BCUT2D eigenvalue weighted by Crippen LogP contribution is 2.24. The van der Waals surface area contributed by atoms with Gasteiger partial charge in [-0.3, -0.25) is 9.59 Å². The summed E-state index contributed by atoms with van der Waals surface area (Å²) in [7, 11) is 1.38. The zero-order chi connectivity index (χ0) is 12.4. The van der Waals surface area contributed by atoms with Crippen LogP contribution in [0.5, 0.6) is 0 Å². The van der Waals surface area contributed by atoms with Crippen molar-refractivity contribution < 1.29 is 14.3 Å². The number of carbonyl (C=O) groups excluding carboxylic acids is 2. The molecule has 1 fully saturated rings. The first-order valence-electron chi connectivity index (χ1n) is 5.23. The van der Waals surface area contributed by atoms with Crippen LogP contribution in [-0.2, 0) is 9.53 Å². The molecule has 2 rings (SSSR count). The number of hydrogen-bond acceptors (Lipinski definition) is 4. The summed E-state index contributed by atoms with van der Waals surface area (Å²) in [5.41, 5.74) is 0.674. The molecule has 0 bridgehead atoms. The number of ether oxygens (including phenoxy) is 1. The minimum absolute atomic E-state index is 0.0154. The second-order valence-corrected chi connectivity index (χ2v) is 6.19. The third kappa shape index (κ3) is 2.69. The number of carbonyl (C=O) groups is 2. The molecule has 0 spiro atoms. The molecule has 1 aliphatic rings. The fourth-order valence-corrected chi connectivity index (χ4v) is 3.04. The fourth-order valence-electron chi connectivity index (χ4n) is 1.91. The lowest BCUT2D eigenvalue weighted by molar-refractivity contribution is -0.144. The van der Waals surface area contributed by atoms with Crippen LogP contribution in [0.1, 0.15) is 16.8 Å². The van der Waals surface area contributed by atoms with E-state index in [4.69, 9.17) is 0 Å². The summed E-state index contributed by atoms with van der Waals surface area (Å²) in [6.07, 6.45) is 0.684. The molecule has 0 aromatic carbocycles. The summed E-state index contributed by atoms with van der Waals surface area (Å²) >= 11 is 4.81. The van der Waals surface area contributed by atoms with Gasteiger partial charge >= 0.3 is 5.97 Å². The second-order valence-electron chi connectivity index (χ2n) is 3.90. The van der Waals surface area contributed by atoms with E-state index in [0.717, 1.165) is 3.79 Å². The molecule has 2 heterocycles. The van der Waals surface area contributed by atoms with Crippen LogP contribution in [0.2, 0.25) is 0 Å². The molecule has 1 saturated heterocycles. The lowest BCUT2D eigenvalue weighted by atomic mass is 10.1. The topological polar surface area (TPSA) is 46.6 Å². The quantitative estimate of drug-likeness (QED) is 0.785. The van der Waals surface area contributed by atoms with E-state index in [1.54, 1.807) is 11.0 Å². The van der Waals surface area contributed by atoms with E-state index in [0.29, 0.717) is 25.1 Å². The Morgan fingerprint density at radius 1 is 1.59 bits per heavy atom. The van der Waals surface area contributed by atoms with Gasteiger partial charge in [-0.15, -0.1) is 11.3 Å². The number of thiophene rings is 1. The predicted molar refractivity (Wildman–Crippen MR) is 68.0 cm³/mol. The van der Waals surface area contributed by atoms with Gasteiger partial charge in [0, 0.05) is 18.5 Å². The van der Waals surface area contributed by atoms with Crippen molar-refractivity contribution in [2.24, 2.45) is 5.92 Å². The van der Waals surface area contributed by atoms with Gasteiger partial charge in [0.25, 0.3) is 5.91 Å². The number of likely N-dealkylation sites (tertiary alicyclic amines) is 1. The van der Waals surface area contributed by atoms with Crippen molar-refractivity contribution in [3.63, 3.8) is 0 Å². The third-order valence-electron chi connectivity index (χ3n) is 2.82. The molecule has 0 radical (unpaired) electrons. The van der Waals surface area contributed by atoms with Crippen molar-refractivity contribution in [3.8, 4) is 0 Å². The van der Waals surface area contributed by atoms with E-state index < -0.39 is 0 Å². The van der Waals surface area contributed by atoms with E-state index in [1.807, 2.05) is 5.38 Å². The van der Waals surface area contributed by atoms with E-state index >= 15 is 0 Å². The van der Waals surface area contributed by atoms with Gasteiger partial charge in [-0.25, -0.2) is 0 Å². The van der Waals surface area contributed by atoms with Crippen molar-refractivity contribution in [3.05, 3.63) is 20.8 Å². The number of amides is 1. The molecule has 92 valence electrons. The first-order valence-corrected chi connectivity index (χ1v) is 6.90. The molecule has 1 aromatic rings. The van der Waals surface area contributed by atoms with Gasteiger partial charge in [0.05, 0.1) is 22.4 Å². The Labute approximate surface area is 112 Å². The van der Waals surface area contributed by atoms with E-state index in [-0.39, 0.29) is 17.8 Å². The molecule has 1 amide bonds. The molecular weight excluding hydrogens is 306 g/mol. The van der Waals surface area contributed by atoms with Crippen molar-refractivity contribution in [2.75, 3.05) is 20.2 Å². The minimum atomic E-state index is -0.230. The first kappa shape index (κ1) is 12.6. The van der Waals surface area contributed by atoms with Crippen LogP contribution in [0.25, 0.3) is 0 Å². The van der Waals surface area contributed by atoms with Gasteiger partial charge in [-0.2, -0.15) is 0 Å². The molecule has 6 heteroatoms. The van der Waals surface area contributed by atoms with Crippen molar-refractivity contribution in [2.45, 2.75) is 6.42 Å². The average molecular weight is 318 g/mol. The van der Waals surface area contributed by atoms with Gasteiger partial charge in [0.1, 0.15) is 0 Å². The summed E-state index contributed by atoms with van der Waals surface area (Å²) < 4.78 is 5.62. The highest BCUT2D eigenvalue weighted by Gasteiger charge is 2.32. The van der Waals surface area contributed by atoms with Gasteiger partial charge in [0.2, 0.25) is 0 Å². The van der Waals surface area contributed by atoms with Crippen LogP contribution in [0.3, 0.4) is 0 Å². The standard InChI is InChI=1S/C11H12BrNO3S/c1-16-11(15)7-2-3-13(5-7)10(14)8-4-9(12)17-6-8/h4,6-7H,2-3,5H2,1H3. The van der Waals surface area contributed by atoms with Gasteiger partial charge in [0.15, 0.2) is 0 Å². The lowest BCUT2D eigenvalue weighted by Gasteiger charge is -2.14. The van der Waals surface area contributed by atoms with E-state index in [9.17, 15) is 9.59 Å². The van der Waals surface area contributed by atoms with Crippen LogP contribution in [0, 0.1) is 5.92 Å². The summed E-state index contributed by atoms with van der Waals surface area (Å²) in [6, 6.07) is 1.80. The van der Waals surface area contributed by atoms with E-state index in [1.165, 1.54) is 18.4 Å². The van der Waals surface area contributed by atoms with Crippen LogP contribution in [0.4, 0.5) is 0 Å². The largest absolute Gasteiger partial charge is 0.469 e. The molecule has 0 saturated carbocycles. The van der Waals surface area contributed by atoms with Crippen LogP contribution in [0.15, 0.2) is 15.2 Å². The SMILES string of the molecule is COC(=O)C1CCN(C(=O)c2csc(Br)c2)C1. The molecule has 1 unspecified atom stereocenters. The van der Waals surface area contributed by atoms with Crippen molar-refractivity contribution in [1.82, 2.24) is 4.90 Å². The number of methoxy groups -OCH3 is 1. The van der Waals surface area contributed by atoms with Crippen LogP contribution < -0.4 is 0 Å². The maximum atomic E-state index is 12.1. The Kier molecular flexibility index (Phi) is 3.83. The molecule has 1 atom stereocenters. The fraction of sp³-hybridized carbons (Fsp3) is 0.455. The second kappa shape index (κ2) is 5.18. The van der Waals surface area contributed by atoms with Crippen LogP contribution >= 0.6 is 27.3 Å². The Hall–Kier alpha value is -0.880. The first-order chi connectivity index (χ1) is 8.11. The highest BCUT2D eigenvalue weighted by molar-refractivity contribution is 9.11. The highest BCUT2D eigenvalue weighted by atomic mass is 79.9. The Morgan fingerprint density at radius 2 is 2.35 bits per heavy atom. The lowest BCUT2D eigenvalue weighted by Crippen LogP contribution is -2.29. The number of esters is 1. The molecule has 1 aliphatic heterocycles. The van der Waals surface area contributed by atoms with Gasteiger partial charge in [-0.05, 0) is 28.4 Å². The van der Waals surface area contributed by atoms with Crippen LogP contribution in [-0.4, -0.2) is 37.0 Å². The molecule has 0 N–H and O–H groups in total. The zero-order valence-corrected chi connectivity index (χ0v) is 11.7.